The van der Waals surface area contributed by atoms with E-state index in [9.17, 15) is 0 Å². The first-order chi connectivity index (χ1) is 8.63. The van der Waals surface area contributed by atoms with Crippen molar-refractivity contribution in [3.05, 3.63) is 33.8 Å². The van der Waals surface area contributed by atoms with Gasteiger partial charge in [-0.05, 0) is 37.2 Å². The molecule has 0 heterocycles. The molecule has 18 heavy (non-hydrogen) atoms. The lowest BCUT2D eigenvalue weighted by molar-refractivity contribution is 0.209. The fourth-order valence-electron chi connectivity index (χ4n) is 2.14. The van der Waals surface area contributed by atoms with E-state index in [1.165, 1.54) is 12.8 Å². The Labute approximate surface area is 120 Å². The maximum atomic E-state index is 6.27. The van der Waals surface area contributed by atoms with Crippen LogP contribution in [0.4, 0.5) is 0 Å². The van der Waals surface area contributed by atoms with E-state index in [1.807, 2.05) is 12.1 Å². The third kappa shape index (κ3) is 4.13. The Balaban J connectivity index is 2.92. The predicted octanol–water partition coefficient (Wildman–Crippen LogP) is 4.12. The van der Waals surface area contributed by atoms with Crippen LogP contribution in [-0.4, -0.2) is 24.5 Å². The minimum atomic E-state index is 0.173. The summed E-state index contributed by atoms with van der Waals surface area (Å²) in [5, 5.41) is 1.36. The van der Waals surface area contributed by atoms with Gasteiger partial charge in [0.05, 0.1) is 0 Å². The lowest BCUT2D eigenvalue weighted by Gasteiger charge is -2.30. The van der Waals surface area contributed by atoms with Crippen LogP contribution < -0.4 is 5.73 Å². The van der Waals surface area contributed by atoms with Gasteiger partial charge in [0.15, 0.2) is 0 Å². The van der Waals surface area contributed by atoms with E-state index in [0.29, 0.717) is 16.6 Å². The smallest absolute Gasteiger partial charge is 0.0485 e. The largest absolute Gasteiger partial charge is 0.329 e. The molecule has 0 spiro atoms. The molecule has 0 aliphatic heterocycles. The van der Waals surface area contributed by atoms with Crippen molar-refractivity contribution >= 4 is 23.2 Å². The number of likely N-dealkylation sites (N-methyl/N-ethyl adjacent to an activating group) is 1. The average Bonchev–Trinajstić information content (AvgIpc) is 2.36. The maximum Gasteiger partial charge on any atom is 0.0485 e. The lowest BCUT2D eigenvalue weighted by Crippen LogP contribution is -2.34. The van der Waals surface area contributed by atoms with Gasteiger partial charge < -0.3 is 5.73 Å². The van der Waals surface area contributed by atoms with Crippen molar-refractivity contribution in [3.63, 3.8) is 0 Å². The van der Waals surface area contributed by atoms with Gasteiger partial charge in [-0.2, -0.15) is 0 Å². The molecule has 1 atom stereocenters. The number of rotatable bonds is 7. The van der Waals surface area contributed by atoms with Crippen LogP contribution >= 0.6 is 23.2 Å². The molecule has 0 saturated heterocycles. The maximum absolute atomic E-state index is 6.27. The summed E-state index contributed by atoms with van der Waals surface area (Å²) in [5.74, 6) is 0. The van der Waals surface area contributed by atoms with E-state index < -0.39 is 0 Å². The lowest BCUT2D eigenvalue weighted by atomic mass is 10.0. The van der Waals surface area contributed by atoms with Crippen molar-refractivity contribution in [2.24, 2.45) is 5.73 Å². The number of nitrogens with two attached hydrogens (primary N) is 1. The summed E-state index contributed by atoms with van der Waals surface area (Å²) in [7, 11) is 0. The van der Waals surface area contributed by atoms with E-state index in [4.69, 9.17) is 28.9 Å². The van der Waals surface area contributed by atoms with E-state index in [-0.39, 0.29) is 6.04 Å². The first-order valence-corrected chi connectivity index (χ1v) is 7.28. The fraction of sp³-hybridized carbons (Fsp3) is 0.571. The topological polar surface area (TPSA) is 29.3 Å². The van der Waals surface area contributed by atoms with Crippen molar-refractivity contribution in [1.82, 2.24) is 4.90 Å². The van der Waals surface area contributed by atoms with Crippen molar-refractivity contribution < 1.29 is 0 Å². The molecule has 1 rings (SSSR count). The Morgan fingerprint density at radius 2 is 2.00 bits per heavy atom. The van der Waals surface area contributed by atoms with Gasteiger partial charge in [0, 0.05) is 22.6 Å². The molecule has 4 heteroatoms. The molecular weight excluding hydrogens is 267 g/mol. The van der Waals surface area contributed by atoms with E-state index in [0.717, 1.165) is 18.7 Å². The molecule has 0 saturated carbocycles. The predicted molar refractivity (Wildman–Crippen MR) is 80.4 cm³/mol. The molecule has 2 nitrogen and oxygen atoms in total. The highest BCUT2D eigenvalue weighted by atomic mass is 35.5. The molecule has 102 valence electrons. The number of unbranched alkanes of at least 4 members (excludes halogenated alkanes) is 1. The number of hydrogen-bond acceptors (Lipinski definition) is 2. The van der Waals surface area contributed by atoms with E-state index in [1.54, 1.807) is 6.07 Å². The van der Waals surface area contributed by atoms with Crippen LogP contribution in [0.3, 0.4) is 0 Å². The van der Waals surface area contributed by atoms with Gasteiger partial charge in [0.1, 0.15) is 0 Å². The average molecular weight is 289 g/mol. The summed E-state index contributed by atoms with van der Waals surface area (Å²) in [6.45, 7) is 6.94. The van der Waals surface area contributed by atoms with Gasteiger partial charge in [-0.1, -0.05) is 49.5 Å². The summed E-state index contributed by atoms with van der Waals surface area (Å²) < 4.78 is 0. The fourth-order valence-corrected chi connectivity index (χ4v) is 2.67. The Morgan fingerprint density at radius 3 is 2.50 bits per heavy atom. The molecular formula is C14H22Cl2N2. The van der Waals surface area contributed by atoms with Crippen molar-refractivity contribution in [2.75, 3.05) is 19.6 Å². The summed E-state index contributed by atoms with van der Waals surface area (Å²) in [6.07, 6.45) is 2.36. The van der Waals surface area contributed by atoms with Crippen LogP contribution in [0.15, 0.2) is 18.2 Å². The molecule has 0 fully saturated rings. The van der Waals surface area contributed by atoms with Crippen LogP contribution in [0, 0.1) is 0 Å². The van der Waals surface area contributed by atoms with E-state index >= 15 is 0 Å². The van der Waals surface area contributed by atoms with Crippen LogP contribution in [0.2, 0.25) is 10.0 Å². The highest BCUT2D eigenvalue weighted by Gasteiger charge is 2.19. The molecule has 0 bridgehead atoms. The third-order valence-corrected chi connectivity index (χ3v) is 3.75. The second-order valence-electron chi connectivity index (χ2n) is 4.40. The van der Waals surface area contributed by atoms with Crippen LogP contribution in [0.5, 0.6) is 0 Å². The first-order valence-electron chi connectivity index (χ1n) is 6.53. The second kappa shape index (κ2) is 8.00. The third-order valence-electron chi connectivity index (χ3n) is 3.19. The molecule has 0 aliphatic carbocycles. The summed E-state index contributed by atoms with van der Waals surface area (Å²) >= 11 is 12.2. The number of nitrogens with zero attached hydrogens (tertiary/aromatic N) is 1. The molecule has 0 aromatic heterocycles. The van der Waals surface area contributed by atoms with Gasteiger partial charge in [-0.25, -0.2) is 0 Å². The van der Waals surface area contributed by atoms with E-state index in [2.05, 4.69) is 18.7 Å². The summed E-state index contributed by atoms with van der Waals surface area (Å²) in [6, 6.07) is 5.82. The van der Waals surface area contributed by atoms with Crippen LogP contribution in [0.25, 0.3) is 0 Å². The van der Waals surface area contributed by atoms with Gasteiger partial charge in [0.25, 0.3) is 0 Å². The number of hydrogen-bond donors (Lipinski definition) is 1. The highest BCUT2D eigenvalue weighted by molar-refractivity contribution is 6.35. The zero-order valence-corrected chi connectivity index (χ0v) is 12.6. The van der Waals surface area contributed by atoms with Crippen LogP contribution in [0.1, 0.15) is 38.3 Å². The zero-order valence-electron chi connectivity index (χ0n) is 11.1. The first kappa shape index (κ1) is 15.8. The Bertz CT molecular complexity index is 369. The van der Waals surface area contributed by atoms with Gasteiger partial charge in [-0.3, -0.25) is 4.90 Å². The second-order valence-corrected chi connectivity index (χ2v) is 5.24. The van der Waals surface area contributed by atoms with Gasteiger partial charge in [0.2, 0.25) is 0 Å². The molecule has 0 amide bonds. The molecule has 0 radical (unpaired) electrons. The Morgan fingerprint density at radius 1 is 1.28 bits per heavy atom. The highest BCUT2D eigenvalue weighted by Crippen LogP contribution is 2.29. The number of halogens is 2. The summed E-state index contributed by atoms with van der Waals surface area (Å²) in [5.41, 5.74) is 7.00. The van der Waals surface area contributed by atoms with Crippen LogP contribution in [-0.2, 0) is 0 Å². The standard InChI is InChI=1S/C14H22Cl2N2/c1-3-5-8-18(4-2)14(10-17)12-7-6-11(15)9-13(12)16/h6-7,9,14H,3-5,8,10,17H2,1-2H3. The van der Waals surface area contributed by atoms with Gasteiger partial charge >= 0.3 is 0 Å². The normalized spacial score (nSPS) is 13.0. The summed E-state index contributed by atoms with van der Waals surface area (Å²) in [4.78, 5) is 2.37. The SMILES string of the molecule is CCCCN(CC)C(CN)c1ccc(Cl)cc1Cl. The Kier molecular flexibility index (Phi) is 7.02. The molecule has 0 aliphatic rings. The molecule has 1 unspecified atom stereocenters. The van der Waals surface area contributed by atoms with Crippen molar-refractivity contribution in [2.45, 2.75) is 32.7 Å². The molecule has 2 N–H and O–H groups in total. The Hall–Kier alpha value is -0.280. The van der Waals surface area contributed by atoms with Crippen molar-refractivity contribution in [3.8, 4) is 0 Å². The number of benzene rings is 1. The quantitative estimate of drug-likeness (QED) is 0.818. The monoisotopic (exact) mass is 288 g/mol. The molecule has 1 aromatic rings. The molecule has 1 aromatic carbocycles. The minimum absolute atomic E-state index is 0.173. The van der Waals surface area contributed by atoms with Gasteiger partial charge in [-0.15, -0.1) is 0 Å². The zero-order chi connectivity index (χ0) is 13.5. The minimum Gasteiger partial charge on any atom is -0.329 e. The van der Waals surface area contributed by atoms with Crippen molar-refractivity contribution in [1.29, 1.82) is 0 Å².